The average Bonchev–Trinajstić information content (AvgIpc) is 2.89. The van der Waals surface area contributed by atoms with Gasteiger partial charge in [0.05, 0.1) is 19.8 Å². The number of pyridine rings is 1. The summed E-state index contributed by atoms with van der Waals surface area (Å²) in [5.41, 5.74) is 4.10. The Bertz CT molecular complexity index is 1160. The zero-order valence-corrected chi connectivity index (χ0v) is 21.4. The number of fused-ring (bicyclic) bond motifs is 1. The fraction of sp³-hybridized carbons (Fsp3) is 0.429. The highest BCUT2D eigenvalue weighted by atomic mass is 32.1. The predicted molar refractivity (Wildman–Crippen MR) is 147 cm³/mol. The third kappa shape index (κ3) is 7.37. The van der Waals surface area contributed by atoms with Gasteiger partial charge >= 0.3 is 0 Å². The molecule has 6 nitrogen and oxygen atoms in total. The Labute approximate surface area is 213 Å². The van der Waals surface area contributed by atoms with Crippen LogP contribution in [0.15, 0.2) is 59.4 Å². The maximum atomic E-state index is 12.9. The number of aryl methyl sites for hydroxylation is 1. The molecule has 4 rings (SSSR count). The summed E-state index contributed by atoms with van der Waals surface area (Å²) in [6.07, 6.45) is 2.85. The van der Waals surface area contributed by atoms with Gasteiger partial charge in [0.15, 0.2) is 5.11 Å². The first-order valence-electron chi connectivity index (χ1n) is 12.6. The van der Waals surface area contributed by atoms with Gasteiger partial charge in [0.25, 0.3) is 5.56 Å². The zero-order valence-electron chi connectivity index (χ0n) is 20.6. The molecule has 3 aromatic rings. The van der Waals surface area contributed by atoms with Crippen LogP contribution < -0.4 is 10.9 Å². The highest BCUT2D eigenvalue weighted by molar-refractivity contribution is 7.80. The number of thiocarbonyl (C=S) groups is 1. The highest BCUT2D eigenvalue weighted by Crippen LogP contribution is 2.15. The molecule has 0 unspecified atom stereocenters. The lowest BCUT2D eigenvalue weighted by molar-refractivity contribution is 0.0367. The van der Waals surface area contributed by atoms with Gasteiger partial charge in [-0.1, -0.05) is 43.3 Å². The number of morpholine rings is 1. The van der Waals surface area contributed by atoms with Crippen LogP contribution in [0.2, 0.25) is 0 Å². The summed E-state index contributed by atoms with van der Waals surface area (Å²) < 4.78 is 5.47. The second-order valence-electron chi connectivity index (χ2n) is 9.10. The molecule has 0 atom stereocenters. The van der Waals surface area contributed by atoms with E-state index in [1.54, 1.807) is 0 Å². The Morgan fingerprint density at radius 3 is 2.69 bits per heavy atom. The van der Waals surface area contributed by atoms with E-state index in [2.05, 4.69) is 63.4 Å². The number of rotatable bonds is 10. The number of aromatic nitrogens is 1. The Morgan fingerprint density at radius 2 is 1.91 bits per heavy atom. The topological polar surface area (TPSA) is 60.6 Å². The van der Waals surface area contributed by atoms with Crippen molar-refractivity contribution in [2.24, 2.45) is 0 Å². The van der Waals surface area contributed by atoms with Crippen LogP contribution in [-0.4, -0.2) is 65.8 Å². The first kappa shape index (κ1) is 25.4. The number of aromatic amines is 1. The molecule has 186 valence electrons. The fourth-order valence-electron chi connectivity index (χ4n) is 4.48. The molecule has 0 aliphatic carbocycles. The Kier molecular flexibility index (Phi) is 9.28. The van der Waals surface area contributed by atoms with E-state index in [9.17, 15) is 4.79 Å². The lowest BCUT2D eigenvalue weighted by Gasteiger charge is -2.29. The summed E-state index contributed by atoms with van der Waals surface area (Å²) in [6, 6.07) is 18.7. The van der Waals surface area contributed by atoms with Crippen LogP contribution >= 0.6 is 12.2 Å². The largest absolute Gasteiger partial charge is 0.379 e. The van der Waals surface area contributed by atoms with Crippen LogP contribution in [0.5, 0.6) is 0 Å². The van der Waals surface area contributed by atoms with Crippen LogP contribution in [0, 0.1) is 0 Å². The molecule has 1 aliphatic rings. The molecule has 1 saturated heterocycles. The summed E-state index contributed by atoms with van der Waals surface area (Å²) in [6.45, 7) is 8.74. The molecule has 1 aromatic heterocycles. The lowest BCUT2D eigenvalue weighted by atomic mass is 10.1. The molecule has 1 aliphatic heterocycles. The van der Waals surface area contributed by atoms with Crippen molar-refractivity contribution in [2.45, 2.75) is 32.7 Å². The second kappa shape index (κ2) is 12.8. The SMILES string of the molecule is CCc1ccc2[nH]c(=O)c(CN(CCCN3CCOCC3)C(=S)NCCc3ccccc3)cc2c1. The number of nitrogens with one attached hydrogen (secondary N) is 2. The number of H-pyrrole nitrogens is 1. The van der Waals surface area contributed by atoms with Crippen molar-refractivity contribution >= 4 is 28.2 Å². The van der Waals surface area contributed by atoms with E-state index in [-0.39, 0.29) is 5.56 Å². The summed E-state index contributed by atoms with van der Waals surface area (Å²) in [7, 11) is 0. The molecule has 0 saturated carbocycles. The summed E-state index contributed by atoms with van der Waals surface area (Å²) in [5.74, 6) is 0. The molecule has 0 bridgehead atoms. The number of hydrogen-bond donors (Lipinski definition) is 2. The molecule has 7 heteroatoms. The Balaban J connectivity index is 1.44. The fourth-order valence-corrected chi connectivity index (χ4v) is 4.73. The molecular weight excluding hydrogens is 456 g/mol. The standard InChI is InChI=1S/C28H36N4O2S/c1-2-22-9-10-26-24(19-22)20-25(27(33)30-26)21-32(14-6-13-31-15-17-34-18-16-31)28(35)29-12-11-23-7-4-3-5-8-23/h3-5,7-10,19-20H,2,6,11-18,21H2,1H3,(H,29,35)(H,30,33). The molecule has 1 fully saturated rings. The van der Waals surface area contributed by atoms with E-state index in [4.69, 9.17) is 17.0 Å². The first-order valence-corrected chi connectivity index (χ1v) is 13.0. The van der Waals surface area contributed by atoms with Crippen LogP contribution in [0.4, 0.5) is 0 Å². The van der Waals surface area contributed by atoms with E-state index in [0.717, 1.165) is 81.7 Å². The minimum atomic E-state index is -0.0491. The van der Waals surface area contributed by atoms with E-state index in [0.29, 0.717) is 11.7 Å². The van der Waals surface area contributed by atoms with Crippen molar-refractivity contribution in [3.05, 3.63) is 81.6 Å². The van der Waals surface area contributed by atoms with Gasteiger partial charge in [-0.2, -0.15) is 0 Å². The van der Waals surface area contributed by atoms with Gasteiger partial charge in [-0.05, 0) is 66.2 Å². The summed E-state index contributed by atoms with van der Waals surface area (Å²) in [4.78, 5) is 20.5. The van der Waals surface area contributed by atoms with Gasteiger partial charge < -0.3 is 19.9 Å². The number of hydrogen-bond acceptors (Lipinski definition) is 4. The molecule has 2 heterocycles. The number of ether oxygens (including phenoxy) is 1. The minimum absolute atomic E-state index is 0.0491. The molecule has 0 radical (unpaired) electrons. The highest BCUT2D eigenvalue weighted by Gasteiger charge is 2.15. The molecule has 35 heavy (non-hydrogen) atoms. The molecule has 2 aromatic carbocycles. The van der Waals surface area contributed by atoms with Crippen molar-refractivity contribution < 1.29 is 4.74 Å². The average molecular weight is 493 g/mol. The van der Waals surface area contributed by atoms with Gasteiger partial charge in [-0.3, -0.25) is 9.69 Å². The van der Waals surface area contributed by atoms with Crippen molar-refractivity contribution in [3.63, 3.8) is 0 Å². The van der Waals surface area contributed by atoms with E-state index in [1.165, 1.54) is 11.1 Å². The molecule has 0 spiro atoms. The van der Waals surface area contributed by atoms with Gasteiger partial charge in [0, 0.05) is 43.8 Å². The summed E-state index contributed by atoms with van der Waals surface area (Å²) >= 11 is 5.81. The van der Waals surface area contributed by atoms with Gasteiger partial charge in [-0.15, -0.1) is 0 Å². The van der Waals surface area contributed by atoms with Gasteiger partial charge in [0.1, 0.15) is 0 Å². The van der Waals surface area contributed by atoms with Gasteiger partial charge in [-0.25, -0.2) is 0 Å². The first-order chi connectivity index (χ1) is 17.1. The van der Waals surface area contributed by atoms with Crippen molar-refractivity contribution in [1.82, 2.24) is 20.1 Å². The zero-order chi connectivity index (χ0) is 24.5. The van der Waals surface area contributed by atoms with Crippen molar-refractivity contribution in [3.8, 4) is 0 Å². The maximum Gasteiger partial charge on any atom is 0.253 e. The summed E-state index contributed by atoms with van der Waals surface area (Å²) in [5, 5.41) is 5.19. The predicted octanol–water partition coefficient (Wildman–Crippen LogP) is 3.73. The molecule has 0 amide bonds. The Hall–Kier alpha value is -2.74. The third-order valence-corrected chi connectivity index (χ3v) is 6.98. The minimum Gasteiger partial charge on any atom is -0.379 e. The number of nitrogens with zero attached hydrogens (tertiary/aromatic N) is 2. The van der Waals surface area contributed by atoms with Crippen molar-refractivity contribution in [2.75, 3.05) is 45.9 Å². The molecular formula is C28H36N4O2S. The normalized spacial score (nSPS) is 14.2. The van der Waals surface area contributed by atoms with Crippen LogP contribution in [-0.2, 0) is 24.1 Å². The van der Waals surface area contributed by atoms with Crippen LogP contribution in [0.1, 0.15) is 30.0 Å². The van der Waals surface area contributed by atoms with Crippen molar-refractivity contribution in [1.29, 1.82) is 0 Å². The molecule has 2 N–H and O–H groups in total. The van der Waals surface area contributed by atoms with Crippen LogP contribution in [0.25, 0.3) is 10.9 Å². The van der Waals surface area contributed by atoms with Crippen LogP contribution in [0.3, 0.4) is 0 Å². The van der Waals surface area contributed by atoms with E-state index >= 15 is 0 Å². The quantitative estimate of drug-likeness (QED) is 0.421. The second-order valence-corrected chi connectivity index (χ2v) is 9.48. The smallest absolute Gasteiger partial charge is 0.253 e. The monoisotopic (exact) mass is 492 g/mol. The van der Waals surface area contributed by atoms with E-state index < -0.39 is 0 Å². The van der Waals surface area contributed by atoms with E-state index in [1.807, 2.05) is 18.2 Å². The lowest BCUT2D eigenvalue weighted by Crippen LogP contribution is -2.43. The van der Waals surface area contributed by atoms with Gasteiger partial charge in [0.2, 0.25) is 0 Å². The maximum absolute atomic E-state index is 12.9. The third-order valence-electron chi connectivity index (χ3n) is 6.58. The Morgan fingerprint density at radius 1 is 1.11 bits per heavy atom. The number of benzene rings is 2.